The first-order valence-corrected chi connectivity index (χ1v) is 10.0. The highest BCUT2D eigenvalue weighted by Gasteiger charge is 2.29. The van der Waals surface area contributed by atoms with Gasteiger partial charge in [-0.2, -0.15) is 4.31 Å². The van der Waals surface area contributed by atoms with Gasteiger partial charge in [-0.15, -0.1) is 0 Å². The summed E-state index contributed by atoms with van der Waals surface area (Å²) in [4.78, 5) is 9.19. The molecule has 0 atom stereocenters. The Hall–Kier alpha value is -2.64. The number of nitrogens with zero attached hydrogens (tertiary/aromatic N) is 3. The quantitative estimate of drug-likeness (QED) is 0.696. The number of benzene rings is 2. The first-order chi connectivity index (χ1) is 12.9. The molecule has 0 aliphatic carbocycles. The predicted octanol–water partition coefficient (Wildman–Crippen LogP) is 3.34. The van der Waals surface area contributed by atoms with E-state index in [0.29, 0.717) is 23.7 Å². The van der Waals surface area contributed by atoms with Crippen molar-refractivity contribution >= 4 is 10.0 Å². The average molecular weight is 383 g/mol. The lowest BCUT2D eigenvalue weighted by Crippen LogP contribution is -2.36. The summed E-state index contributed by atoms with van der Waals surface area (Å²) in [6, 6.07) is 12.9. The molecule has 7 heteroatoms. The molecule has 1 aliphatic rings. The number of rotatable bonds is 3. The van der Waals surface area contributed by atoms with Crippen LogP contribution in [0.2, 0.25) is 0 Å². The van der Waals surface area contributed by atoms with Gasteiger partial charge < -0.3 is 0 Å². The maximum absolute atomic E-state index is 13.1. The first kappa shape index (κ1) is 17.8. The van der Waals surface area contributed by atoms with Gasteiger partial charge in [0.2, 0.25) is 10.0 Å². The van der Waals surface area contributed by atoms with Crippen molar-refractivity contribution in [2.24, 2.45) is 0 Å². The molecule has 0 radical (unpaired) electrons. The molecule has 0 unspecified atom stereocenters. The van der Waals surface area contributed by atoms with Crippen LogP contribution in [0.4, 0.5) is 4.39 Å². The maximum Gasteiger partial charge on any atom is 0.243 e. The van der Waals surface area contributed by atoms with Crippen LogP contribution >= 0.6 is 0 Å². The van der Waals surface area contributed by atoms with E-state index < -0.39 is 10.0 Å². The second-order valence-electron chi connectivity index (χ2n) is 6.57. The second-order valence-corrected chi connectivity index (χ2v) is 8.51. The predicted molar refractivity (Wildman–Crippen MR) is 99.9 cm³/mol. The molecule has 0 saturated carbocycles. The van der Waals surface area contributed by atoms with Gasteiger partial charge >= 0.3 is 0 Å². The van der Waals surface area contributed by atoms with Crippen molar-refractivity contribution in [1.82, 2.24) is 14.3 Å². The summed E-state index contributed by atoms with van der Waals surface area (Å²) in [5.41, 5.74) is 3.37. The van der Waals surface area contributed by atoms with Crippen LogP contribution in [0.5, 0.6) is 0 Å². The molecule has 2 heterocycles. The highest BCUT2D eigenvalue weighted by molar-refractivity contribution is 7.89. The van der Waals surface area contributed by atoms with E-state index in [2.05, 4.69) is 9.97 Å². The van der Waals surface area contributed by atoms with E-state index in [1.807, 2.05) is 6.92 Å². The van der Waals surface area contributed by atoms with Crippen LogP contribution in [0.15, 0.2) is 59.6 Å². The lowest BCUT2D eigenvalue weighted by Gasteiger charge is -2.27. The standard InChI is InChI=1S/C20H18FN3O2S/c1-14-2-8-18(9-3-14)27(25,26)24-11-10-19-16(13-24)12-22-20(23-19)15-4-6-17(21)7-5-15/h2-9,12H,10-11,13H2,1H3. The fraction of sp³-hybridized carbons (Fsp3) is 0.200. The molecule has 3 aromatic rings. The van der Waals surface area contributed by atoms with E-state index in [1.165, 1.54) is 16.4 Å². The zero-order chi connectivity index (χ0) is 19.0. The lowest BCUT2D eigenvalue weighted by atomic mass is 10.1. The largest absolute Gasteiger partial charge is 0.243 e. The Morgan fingerprint density at radius 1 is 1.04 bits per heavy atom. The van der Waals surface area contributed by atoms with Crippen LogP contribution in [-0.4, -0.2) is 29.2 Å². The molecule has 1 aliphatic heterocycles. The van der Waals surface area contributed by atoms with Crippen molar-refractivity contribution in [1.29, 1.82) is 0 Å². The van der Waals surface area contributed by atoms with Gasteiger partial charge in [0, 0.05) is 36.8 Å². The van der Waals surface area contributed by atoms with Crippen LogP contribution < -0.4 is 0 Å². The summed E-state index contributed by atoms with van der Waals surface area (Å²) in [5.74, 6) is 0.206. The molecule has 0 amide bonds. The second kappa shape index (κ2) is 6.83. The van der Waals surface area contributed by atoms with Crippen LogP contribution in [-0.2, 0) is 23.0 Å². The van der Waals surface area contributed by atoms with Crippen molar-refractivity contribution in [3.8, 4) is 11.4 Å². The summed E-state index contributed by atoms with van der Waals surface area (Å²) in [7, 11) is -3.55. The number of hydrogen-bond acceptors (Lipinski definition) is 4. The zero-order valence-corrected chi connectivity index (χ0v) is 15.6. The third-order valence-corrected chi connectivity index (χ3v) is 6.52. The number of hydrogen-bond donors (Lipinski definition) is 0. The van der Waals surface area contributed by atoms with Crippen molar-refractivity contribution in [2.45, 2.75) is 24.8 Å². The van der Waals surface area contributed by atoms with Gasteiger partial charge in [0.15, 0.2) is 5.82 Å². The van der Waals surface area contributed by atoms with E-state index >= 15 is 0 Å². The number of aromatic nitrogens is 2. The third kappa shape index (κ3) is 3.48. The van der Waals surface area contributed by atoms with Crippen LogP contribution in [0.3, 0.4) is 0 Å². The molecule has 2 aromatic carbocycles. The van der Waals surface area contributed by atoms with Crippen molar-refractivity contribution in [3.05, 3.63) is 77.4 Å². The molecule has 1 aromatic heterocycles. The number of aryl methyl sites for hydroxylation is 1. The minimum atomic E-state index is -3.55. The fourth-order valence-electron chi connectivity index (χ4n) is 3.09. The Morgan fingerprint density at radius 2 is 1.74 bits per heavy atom. The Labute approximate surface area is 157 Å². The molecule has 0 bridgehead atoms. The molecule has 0 spiro atoms. The van der Waals surface area contributed by atoms with Crippen LogP contribution in [0.25, 0.3) is 11.4 Å². The number of sulfonamides is 1. The molecule has 0 saturated heterocycles. The highest BCUT2D eigenvalue weighted by atomic mass is 32.2. The van der Waals surface area contributed by atoms with Gasteiger partial charge in [-0.3, -0.25) is 0 Å². The minimum Gasteiger partial charge on any atom is -0.236 e. The highest BCUT2D eigenvalue weighted by Crippen LogP contribution is 2.25. The maximum atomic E-state index is 13.1. The molecule has 4 rings (SSSR count). The van der Waals surface area contributed by atoms with Gasteiger partial charge in [-0.25, -0.2) is 22.8 Å². The monoisotopic (exact) mass is 383 g/mol. The van der Waals surface area contributed by atoms with E-state index in [4.69, 9.17) is 0 Å². The van der Waals surface area contributed by atoms with Crippen LogP contribution in [0.1, 0.15) is 16.8 Å². The van der Waals surface area contributed by atoms with Crippen LogP contribution in [0, 0.1) is 12.7 Å². The first-order valence-electron chi connectivity index (χ1n) is 8.61. The lowest BCUT2D eigenvalue weighted by molar-refractivity contribution is 0.387. The summed E-state index contributed by atoms with van der Waals surface area (Å²) in [6.45, 7) is 2.53. The van der Waals surface area contributed by atoms with E-state index in [-0.39, 0.29) is 12.4 Å². The Balaban J connectivity index is 1.60. The Morgan fingerprint density at radius 3 is 2.44 bits per heavy atom. The van der Waals surface area contributed by atoms with E-state index in [0.717, 1.165) is 22.4 Å². The average Bonchev–Trinajstić information content (AvgIpc) is 2.68. The van der Waals surface area contributed by atoms with Crippen molar-refractivity contribution in [3.63, 3.8) is 0 Å². The molecule has 138 valence electrons. The van der Waals surface area contributed by atoms with Crippen molar-refractivity contribution < 1.29 is 12.8 Å². The van der Waals surface area contributed by atoms with Gasteiger partial charge in [0.05, 0.1) is 10.6 Å². The smallest absolute Gasteiger partial charge is 0.236 e. The fourth-order valence-corrected chi connectivity index (χ4v) is 4.51. The Kier molecular flexibility index (Phi) is 4.49. The number of fused-ring (bicyclic) bond motifs is 1. The summed E-state index contributed by atoms with van der Waals surface area (Å²) >= 11 is 0. The minimum absolute atomic E-state index is 0.245. The van der Waals surface area contributed by atoms with Gasteiger partial charge in [0.1, 0.15) is 5.82 Å². The van der Waals surface area contributed by atoms with Gasteiger partial charge in [-0.05, 0) is 43.3 Å². The molecular formula is C20H18FN3O2S. The number of halogens is 1. The molecule has 27 heavy (non-hydrogen) atoms. The molecule has 0 N–H and O–H groups in total. The SMILES string of the molecule is Cc1ccc(S(=O)(=O)N2CCc3nc(-c4ccc(F)cc4)ncc3C2)cc1. The summed E-state index contributed by atoms with van der Waals surface area (Å²) in [5, 5.41) is 0. The molecular weight excluding hydrogens is 365 g/mol. The van der Waals surface area contributed by atoms with Gasteiger partial charge in [0.25, 0.3) is 0 Å². The normalized spacial score (nSPS) is 14.7. The molecule has 5 nitrogen and oxygen atoms in total. The summed E-state index contributed by atoms with van der Waals surface area (Å²) in [6.07, 6.45) is 2.18. The zero-order valence-electron chi connectivity index (χ0n) is 14.8. The topological polar surface area (TPSA) is 63.2 Å². The van der Waals surface area contributed by atoms with Gasteiger partial charge in [-0.1, -0.05) is 17.7 Å². The third-order valence-electron chi connectivity index (χ3n) is 4.66. The summed E-state index contributed by atoms with van der Waals surface area (Å²) < 4.78 is 40.3. The van der Waals surface area contributed by atoms with Crippen molar-refractivity contribution in [2.75, 3.05) is 6.54 Å². The Bertz CT molecular complexity index is 1080. The van der Waals surface area contributed by atoms with E-state index in [1.54, 1.807) is 42.6 Å². The van der Waals surface area contributed by atoms with E-state index in [9.17, 15) is 12.8 Å². The molecule has 0 fully saturated rings.